The fourth-order valence-electron chi connectivity index (χ4n) is 3.32. The second-order valence-corrected chi connectivity index (χ2v) is 8.27. The van der Waals surface area contributed by atoms with Crippen LogP contribution in [-0.2, 0) is 11.2 Å². The third-order valence-electron chi connectivity index (χ3n) is 4.96. The molecule has 4 rings (SSSR count). The molecule has 0 unspecified atom stereocenters. The number of nitrogens with zero attached hydrogens (tertiary/aromatic N) is 5. The van der Waals surface area contributed by atoms with E-state index in [2.05, 4.69) is 15.5 Å². The first-order chi connectivity index (χ1) is 17.0. The standard InChI is InChI=1S/C24H18N6O4S/c1-34-21-14-19(30(32)33)9-10-20(21)29-11-5-8-18(29)13-17(15-25)23(31)26-24-28-27-22(35-24)12-16-6-3-2-4-7-16/h2-11,13-14H,12H2,1H3,(H,26,28,31)/b17-13-. The van der Waals surface area contributed by atoms with Crippen molar-refractivity contribution in [1.82, 2.24) is 14.8 Å². The fraction of sp³-hybridized carbons (Fsp3) is 0.0833. The lowest BCUT2D eigenvalue weighted by atomic mass is 10.2. The molecular weight excluding hydrogens is 468 g/mol. The number of non-ortho nitro benzene ring substituents is 1. The van der Waals surface area contributed by atoms with Gasteiger partial charge in [0.1, 0.15) is 22.4 Å². The minimum Gasteiger partial charge on any atom is -0.494 e. The van der Waals surface area contributed by atoms with Gasteiger partial charge in [0.05, 0.1) is 23.8 Å². The summed E-state index contributed by atoms with van der Waals surface area (Å²) in [5.74, 6) is -0.355. The van der Waals surface area contributed by atoms with Gasteiger partial charge < -0.3 is 9.30 Å². The zero-order valence-corrected chi connectivity index (χ0v) is 19.2. The van der Waals surface area contributed by atoms with Gasteiger partial charge in [0.2, 0.25) is 5.13 Å². The molecule has 1 amide bonds. The molecule has 0 saturated carbocycles. The van der Waals surface area contributed by atoms with E-state index >= 15 is 0 Å². The fourth-order valence-corrected chi connectivity index (χ4v) is 4.09. The summed E-state index contributed by atoms with van der Waals surface area (Å²) < 4.78 is 6.98. The van der Waals surface area contributed by atoms with Crippen molar-refractivity contribution in [3.63, 3.8) is 0 Å². The molecule has 0 aliphatic heterocycles. The highest BCUT2D eigenvalue weighted by Gasteiger charge is 2.17. The molecular formula is C24H18N6O4S. The number of ether oxygens (including phenoxy) is 1. The Kier molecular flexibility index (Phi) is 6.94. The first-order valence-electron chi connectivity index (χ1n) is 10.3. The summed E-state index contributed by atoms with van der Waals surface area (Å²) in [5.41, 5.74) is 1.83. The Labute approximate surface area is 203 Å². The van der Waals surface area contributed by atoms with Gasteiger partial charge in [-0.25, -0.2) is 0 Å². The number of amides is 1. The predicted molar refractivity (Wildman–Crippen MR) is 130 cm³/mol. The molecule has 0 aliphatic carbocycles. The maximum absolute atomic E-state index is 12.8. The quantitative estimate of drug-likeness (QED) is 0.169. The number of carbonyl (C=O) groups is 1. The van der Waals surface area contributed by atoms with Crippen LogP contribution in [0.4, 0.5) is 10.8 Å². The molecule has 0 fully saturated rings. The summed E-state index contributed by atoms with van der Waals surface area (Å²) in [5, 5.41) is 32.4. The van der Waals surface area contributed by atoms with E-state index in [0.717, 1.165) is 10.6 Å². The zero-order valence-electron chi connectivity index (χ0n) is 18.4. The van der Waals surface area contributed by atoms with Gasteiger partial charge in [0, 0.05) is 24.4 Å². The van der Waals surface area contributed by atoms with Crippen LogP contribution >= 0.6 is 11.3 Å². The van der Waals surface area contributed by atoms with E-state index in [-0.39, 0.29) is 22.1 Å². The third-order valence-corrected chi connectivity index (χ3v) is 5.80. The average Bonchev–Trinajstić information content (AvgIpc) is 3.51. The van der Waals surface area contributed by atoms with E-state index in [9.17, 15) is 20.2 Å². The molecule has 2 aromatic heterocycles. The van der Waals surface area contributed by atoms with Gasteiger partial charge in [-0.3, -0.25) is 20.2 Å². The Morgan fingerprint density at radius 2 is 2.03 bits per heavy atom. The number of methoxy groups -OCH3 is 1. The van der Waals surface area contributed by atoms with Crippen molar-refractivity contribution in [1.29, 1.82) is 5.26 Å². The molecule has 0 radical (unpaired) electrons. The highest BCUT2D eigenvalue weighted by atomic mass is 32.1. The Balaban J connectivity index is 1.55. The molecule has 0 aliphatic rings. The number of nitrogens with one attached hydrogen (secondary N) is 1. The molecule has 10 nitrogen and oxygen atoms in total. The largest absolute Gasteiger partial charge is 0.494 e. The Morgan fingerprint density at radius 3 is 2.74 bits per heavy atom. The van der Waals surface area contributed by atoms with E-state index in [1.54, 1.807) is 22.9 Å². The van der Waals surface area contributed by atoms with Gasteiger partial charge in [-0.05, 0) is 29.8 Å². The summed E-state index contributed by atoms with van der Waals surface area (Å²) in [7, 11) is 1.41. The third kappa shape index (κ3) is 5.40. The first-order valence-corrected chi connectivity index (χ1v) is 11.1. The Morgan fingerprint density at radius 1 is 1.23 bits per heavy atom. The van der Waals surface area contributed by atoms with Crippen molar-refractivity contribution in [3.05, 3.63) is 98.8 Å². The predicted octanol–water partition coefficient (Wildman–Crippen LogP) is 4.38. The van der Waals surface area contributed by atoms with Crippen LogP contribution in [0.3, 0.4) is 0 Å². The van der Waals surface area contributed by atoms with Gasteiger partial charge >= 0.3 is 0 Å². The normalized spacial score (nSPS) is 11.0. The topological polar surface area (TPSA) is 136 Å². The highest BCUT2D eigenvalue weighted by Crippen LogP contribution is 2.29. The Bertz CT molecular complexity index is 1450. The van der Waals surface area contributed by atoms with E-state index in [0.29, 0.717) is 17.8 Å². The molecule has 174 valence electrons. The lowest BCUT2D eigenvalue weighted by molar-refractivity contribution is -0.384. The number of aromatic nitrogens is 3. The van der Waals surface area contributed by atoms with Crippen LogP contribution in [-0.4, -0.2) is 32.7 Å². The molecule has 11 heteroatoms. The number of nitro groups is 1. The number of carbonyl (C=O) groups excluding carboxylic acids is 1. The van der Waals surface area contributed by atoms with Crippen LogP contribution in [0, 0.1) is 21.4 Å². The van der Waals surface area contributed by atoms with Crippen molar-refractivity contribution in [2.75, 3.05) is 12.4 Å². The zero-order chi connectivity index (χ0) is 24.8. The number of hydrogen-bond acceptors (Lipinski definition) is 8. The van der Waals surface area contributed by atoms with Crippen LogP contribution in [0.15, 0.2) is 72.4 Å². The molecule has 35 heavy (non-hydrogen) atoms. The summed E-state index contributed by atoms with van der Waals surface area (Å²) in [6.45, 7) is 0. The molecule has 0 saturated heterocycles. The lowest BCUT2D eigenvalue weighted by Gasteiger charge is -2.12. The minimum atomic E-state index is -0.627. The molecule has 0 spiro atoms. The van der Waals surface area contributed by atoms with Gasteiger partial charge in [-0.2, -0.15) is 5.26 Å². The van der Waals surface area contributed by atoms with E-state index < -0.39 is 10.8 Å². The minimum absolute atomic E-state index is 0.115. The second kappa shape index (κ2) is 10.4. The van der Waals surface area contributed by atoms with Crippen molar-refractivity contribution in [3.8, 4) is 17.5 Å². The molecule has 0 atom stereocenters. The monoisotopic (exact) mass is 486 g/mol. The van der Waals surface area contributed by atoms with Crippen LogP contribution in [0.2, 0.25) is 0 Å². The van der Waals surface area contributed by atoms with Crippen molar-refractivity contribution in [2.24, 2.45) is 0 Å². The van der Waals surface area contributed by atoms with Crippen molar-refractivity contribution >= 4 is 34.1 Å². The molecule has 2 aromatic carbocycles. The second-order valence-electron chi connectivity index (χ2n) is 7.20. The lowest BCUT2D eigenvalue weighted by Crippen LogP contribution is -2.13. The van der Waals surface area contributed by atoms with Gasteiger partial charge in [0.25, 0.3) is 11.6 Å². The average molecular weight is 487 g/mol. The highest BCUT2D eigenvalue weighted by molar-refractivity contribution is 7.15. The summed E-state index contributed by atoms with van der Waals surface area (Å²) in [6.07, 6.45) is 3.70. The SMILES string of the molecule is COc1cc([N+](=O)[O-])ccc1-n1cccc1/C=C(/C#N)C(=O)Nc1nnc(Cc2ccccc2)s1. The van der Waals surface area contributed by atoms with Crippen LogP contribution in [0.1, 0.15) is 16.3 Å². The smallest absolute Gasteiger partial charge is 0.273 e. The summed E-state index contributed by atoms with van der Waals surface area (Å²) >= 11 is 1.23. The van der Waals surface area contributed by atoms with Gasteiger partial charge in [0.15, 0.2) is 0 Å². The number of benzene rings is 2. The summed E-state index contributed by atoms with van der Waals surface area (Å²) in [6, 6.07) is 19.3. The van der Waals surface area contributed by atoms with Crippen molar-refractivity contribution in [2.45, 2.75) is 6.42 Å². The number of hydrogen-bond donors (Lipinski definition) is 1. The molecule has 4 aromatic rings. The van der Waals surface area contributed by atoms with E-state index in [1.165, 1.54) is 42.7 Å². The maximum atomic E-state index is 12.8. The summed E-state index contributed by atoms with van der Waals surface area (Å²) in [4.78, 5) is 23.3. The van der Waals surface area contributed by atoms with Crippen molar-refractivity contribution < 1.29 is 14.5 Å². The first kappa shape index (κ1) is 23.3. The molecule has 0 bridgehead atoms. The number of rotatable bonds is 8. The maximum Gasteiger partial charge on any atom is 0.273 e. The van der Waals surface area contributed by atoms with Crippen LogP contribution < -0.4 is 10.1 Å². The Hall–Kier alpha value is -4.82. The van der Waals surface area contributed by atoms with Gasteiger partial charge in [-0.1, -0.05) is 41.7 Å². The number of nitro benzene ring substituents is 1. The van der Waals surface area contributed by atoms with E-state index in [1.807, 2.05) is 36.4 Å². The number of nitriles is 1. The molecule has 1 N–H and O–H groups in total. The molecule has 2 heterocycles. The van der Waals surface area contributed by atoms with Crippen LogP contribution in [0.25, 0.3) is 11.8 Å². The van der Waals surface area contributed by atoms with Gasteiger partial charge in [-0.15, -0.1) is 10.2 Å². The number of anilines is 1. The van der Waals surface area contributed by atoms with E-state index in [4.69, 9.17) is 4.74 Å². The van der Waals surface area contributed by atoms with Crippen LogP contribution in [0.5, 0.6) is 5.75 Å².